The van der Waals surface area contributed by atoms with Gasteiger partial charge in [-0.2, -0.15) is 5.10 Å². The number of fused-ring (bicyclic) bond motifs is 2. The van der Waals surface area contributed by atoms with Crippen molar-refractivity contribution in [1.82, 2.24) is 30.4 Å². The maximum Gasteiger partial charge on any atom is 0.135 e. The number of likely N-dealkylation sites (N-methyl/N-ethyl adjacent to an activating group) is 1. The summed E-state index contributed by atoms with van der Waals surface area (Å²) < 4.78 is 0. The fraction of sp³-hybridized carbons (Fsp3) is 0.333. The first-order valence-electron chi connectivity index (χ1n) is 11.1. The average molecular weight is 414 g/mol. The molecule has 0 amide bonds. The molecule has 5 heterocycles. The largest absolute Gasteiger partial charge is 0.391 e. The van der Waals surface area contributed by atoms with Gasteiger partial charge in [-0.15, -0.1) is 0 Å². The number of nitrogens with one attached hydrogen (secondary N) is 3. The van der Waals surface area contributed by atoms with E-state index in [-0.39, 0.29) is 0 Å². The van der Waals surface area contributed by atoms with E-state index in [0.29, 0.717) is 5.92 Å². The number of nitrogens with zero attached hydrogens (tertiary/aromatic N) is 4. The average Bonchev–Trinajstić information content (AvgIpc) is 3.43. The number of hydrogen-bond donors (Lipinski definition) is 3. The third kappa shape index (κ3) is 3.25. The van der Waals surface area contributed by atoms with Crippen LogP contribution in [0, 0.1) is 0 Å². The normalized spacial score (nSPS) is 19.9. The Kier molecular flexibility index (Phi) is 4.42. The smallest absolute Gasteiger partial charge is 0.135 e. The summed E-state index contributed by atoms with van der Waals surface area (Å²) in [4.78, 5) is 13.5. The van der Waals surface area contributed by atoms with E-state index in [9.17, 15) is 0 Å². The molecule has 1 atom stereocenters. The monoisotopic (exact) mass is 413 g/mol. The van der Waals surface area contributed by atoms with Crippen molar-refractivity contribution in [1.29, 1.82) is 0 Å². The first-order valence-corrected chi connectivity index (χ1v) is 11.1. The molecule has 0 bridgehead atoms. The van der Waals surface area contributed by atoms with Gasteiger partial charge in [0, 0.05) is 60.9 Å². The summed E-state index contributed by atoms with van der Waals surface area (Å²) >= 11 is 0. The highest BCUT2D eigenvalue weighted by Gasteiger charge is 2.20. The van der Waals surface area contributed by atoms with Gasteiger partial charge in [0.2, 0.25) is 0 Å². The summed E-state index contributed by atoms with van der Waals surface area (Å²) in [6, 6.07) is 13.0. The Morgan fingerprint density at radius 2 is 1.94 bits per heavy atom. The quantitative estimate of drug-likeness (QED) is 0.480. The zero-order valence-corrected chi connectivity index (χ0v) is 17.7. The minimum Gasteiger partial charge on any atom is -0.391 e. The van der Waals surface area contributed by atoms with Crippen molar-refractivity contribution in [3.63, 3.8) is 0 Å². The van der Waals surface area contributed by atoms with Crippen molar-refractivity contribution in [3.05, 3.63) is 54.4 Å². The van der Waals surface area contributed by atoms with E-state index in [0.717, 1.165) is 72.8 Å². The van der Waals surface area contributed by atoms with Gasteiger partial charge in [-0.3, -0.25) is 5.10 Å². The number of anilines is 1. The number of aromatic amines is 2. The van der Waals surface area contributed by atoms with Crippen molar-refractivity contribution in [2.45, 2.75) is 12.3 Å². The van der Waals surface area contributed by atoms with Crippen LogP contribution in [0.15, 0.2) is 48.7 Å². The summed E-state index contributed by atoms with van der Waals surface area (Å²) in [5.74, 6) is 0.347. The van der Waals surface area contributed by atoms with Crippen LogP contribution in [0.5, 0.6) is 0 Å². The summed E-state index contributed by atoms with van der Waals surface area (Å²) in [6.45, 7) is 5.27. The second-order valence-electron chi connectivity index (χ2n) is 8.62. The van der Waals surface area contributed by atoms with Crippen LogP contribution >= 0.6 is 0 Å². The van der Waals surface area contributed by atoms with Gasteiger partial charge in [-0.05, 0) is 50.0 Å². The molecule has 2 aliphatic rings. The van der Waals surface area contributed by atoms with Gasteiger partial charge < -0.3 is 20.1 Å². The van der Waals surface area contributed by atoms with E-state index >= 15 is 0 Å². The molecular weight excluding hydrogens is 386 g/mol. The van der Waals surface area contributed by atoms with Gasteiger partial charge in [0.1, 0.15) is 11.2 Å². The first kappa shape index (κ1) is 18.4. The molecule has 1 saturated heterocycles. The van der Waals surface area contributed by atoms with Crippen LogP contribution in [-0.2, 0) is 0 Å². The summed E-state index contributed by atoms with van der Waals surface area (Å²) in [6.07, 6.45) is 5.29. The number of rotatable bonds is 3. The van der Waals surface area contributed by atoms with Crippen LogP contribution < -0.4 is 10.2 Å². The van der Waals surface area contributed by atoms with E-state index in [2.05, 4.69) is 79.8 Å². The van der Waals surface area contributed by atoms with Gasteiger partial charge in [-0.25, -0.2) is 4.98 Å². The predicted octanol–water partition coefficient (Wildman–Crippen LogP) is 3.45. The Morgan fingerprint density at radius 1 is 1.03 bits per heavy atom. The van der Waals surface area contributed by atoms with Crippen molar-refractivity contribution in [3.8, 4) is 11.4 Å². The molecule has 0 aliphatic carbocycles. The van der Waals surface area contributed by atoms with Gasteiger partial charge >= 0.3 is 0 Å². The molecule has 0 spiro atoms. The van der Waals surface area contributed by atoms with Crippen LogP contribution in [0.25, 0.3) is 33.3 Å². The number of piperazine rings is 1. The lowest BCUT2D eigenvalue weighted by Gasteiger charge is -2.34. The molecule has 3 N–H and O–H groups in total. The Hall–Kier alpha value is -3.32. The van der Waals surface area contributed by atoms with Crippen LogP contribution in [0.3, 0.4) is 0 Å². The molecule has 0 saturated carbocycles. The van der Waals surface area contributed by atoms with Gasteiger partial charge in [0.15, 0.2) is 0 Å². The van der Waals surface area contributed by atoms with Crippen LogP contribution in [-0.4, -0.2) is 64.8 Å². The number of hydrogen-bond acceptors (Lipinski definition) is 5. The summed E-state index contributed by atoms with van der Waals surface area (Å²) in [5.41, 5.74) is 7.32. The fourth-order valence-electron chi connectivity index (χ4n) is 4.75. The maximum absolute atomic E-state index is 5.02. The lowest BCUT2D eigenvalue weighted by molar-refractivity contribution is 0.313. The number of pyridine rings is 1. The topological polar surface area (TPSA) is 75.9 Å². The van der Waals surface area contributed by atoms with Gasteiger partial charge in [0.25, 0.3) is 0 Å². The minimum atomic E-state index is 0.347. The van der Waals surface area contributed by atoms with E-state index in [1.165, 1.54) is 11.1 Å². The first-order chi connectivity index (χ1) is 15.3. The minimum absolute atomic E-state index is 0.347. The van der Waals surface area contributed by atoms with E-state index < -0.39 is 0 Å². The van der Waals surface area contributed by atoms with Crippen LogP contribution in [0.4, 0.5) is 5.69 Å². The third-order valence-corrected chi connectivity index (χ3v) is 6.60. The molecule has 6 rings (SSSR count). The number of aromatic nitrogens is 4. The molecule has 1 aromatic carbocycles. The molecule has 1 unspecified atom stereocenters. The highest BCUT2D eigenvalue weighted by atomic mass is 15.2. The molecule has 31 heavy (non-hydrogen) atoms. The van der Waals surface area contributed by atoms with Gasteiger partial charge in [-0.1, -0.05) is 12.1 Å². The Morgan fingerprint density at radius 3 is 2.77 bits per heavy atom. The molecule has 2 aliphatic heterocycles. The number of benzene rings is 1. The fourth-order valence-corrected chi connectivity index (χ4v) is 4.75. The summed E-state index contributed by atoms with van der Waals surface area (Å²) in [7, 11) is 2.19. The Labute approximate surface area is 181 Å². The molecule has 3 aromatic heterocycles. The Bertz CT molecular complexity index is 1260. The summed E-state index contributed by atoms with van der Waals surface area (Å²) in [5, 5.41) is 12.3. The zero-order chi connectivity index (χ0) is 20.8. The van der Waals surface area contributed by atoms with Crippen molar-refractivity contribution >= 4 is 27.6 Å². The maximum atomic E-state index is 5.02. The van der Waals surface area contributed by atoms with Crippen LogP contribution in [0.2, 0.25) is 0 Å². The molecule has 4 aromatic rings. The highest BCUT2D eigenvalue weighted by Crippen LogP contribution is 2.34. The SMILES string of the molecule is CN1CCN(c2cccc3[nH]c(-c4n[nH]c5ccc(C6C=CNCC6)nc45)cc23)CC1. The lowest BCUT2D eigenvalue weighted by Crippen LogP contribution is -2.44. The second-order valence-corrected chi connectivity index (χ2v) is 8.62. The molecule has 7 nitrogen and oxygen atoms in total. The van der Waals surface area contributed by atoms with Crippen LogP contribution in [0.1, 0.15) is 18.0 Å². The van der Waals surface area contributed by atoms with Gasteiger partial charge in [0.05, 0.1) is 11.2 Å². The molecular formula is C24H27N7. The molecule has 158 valence electrons. The number of H-pyrrole nitrogens is 2. The van der Waals surface area contributed by atoms with E-state index in [1.807, 2.05) is 6.20 Å². The van der Waals surface area contributed by atoms with Crippen molar-refractivity contribution in [2.75, 3.05) is 44.7 Å². The molecule has 7 heteroatoms. The number of allylic oxidation sites excluding steroid dienone is 1. The van der Waals surface area contributed by atoms with Crippen molar-refractivity contribution in [2.24, 2.45) is 0 Å². The highest BCUT2D eigenvalue weighted by molar-refractivity contribution is 5.99. The third-order valence-electron chi connectivity index (χ3n) is 6.60. The standard InChI is InChI=1S/C24H27N7/c1-30-11-13-31(14-12-30)22-4-2-3-19-17(22)15-21(26-19)24-23-20(28-29-24)6-5-18(27-23)16-7-9-25-10-8-16/h2-7,9,15-16,25-26H,8,10-14H2,1H3,(H,28,29). The van der Waals surface area contributed by atoms with Crippen molar-refractivity contribution < 1.29 is 0 Å². The second kappa shape index (κ2) is 7.42. The van der Waals surface area contributed by atoms with E-state index in [4.69, 9.17) is 4.98 Å². The van der Waals surface area contributed by atoms with E-state index in [1.54, 1.807) is 0 Å². The Balaban J connectivity index is 1.41. The molecule has 0 radical (unpaired) electrons. The molecule has 1 fully saturated rings. The lowest BCUT2D eigenvalue weighted by atomic mass is 9.98. The zero-order valence-electron chi connectivity index (χ0n) is 17.7. The predicted molar refractivity (Wildman–Crippen MR) is 125 cm³/mol.